The van der Waals surface area contributed by atoms with Crippen LogP contribution in [0.15, 0.2) is 30.3 Å². The summed E-state index contributed by atoms with van der Waals surface area (Å²) < 4.78 is 17.2. The summed E-state index contributed by atoms with van der Waals surface area (Å²) in [6.45, 7) is 1.73. The van der Waals surface area contributed by atoms with Crippen molar-refractivity contribution in [2.45, 2.75) is 19.1 Å². The highest BCUT2D eigenvalue weighted by Gasteiger charge is 2.23. The molecule has 0 fully saturated rings. The number of carbonyl (C=O) groups is 1. The van der Waals surface area contributed by atoms with E-state index in [1.54, 1.807) is 6.92 Å². The molecular weight excluding hydrogens is 239 g/mol. The smallest absolute Gasteiger partial charge is 0.338 e. The average Bonchev–Trinajstić information content (AvgIpc) is 2.37. The van der Waals surface area contributed by atoms with E-state index in [0.717, 1.165) is 0 Å². The minimum atomic E-state index is -1.62. The van der Waals surface area contributed by atoms with E-state index in [2.05, 4.69) is 4.74 Å². The number of benzene rings is 1. The van der Waals surface area contributed by atoms with E-state index in [4.69, 9.17) is 0 Å². The van der Waals surface area contributed by atoms with Crippen LogP contribution in [0, 0.1) is 5.82 Å². The summed E-state index contributed by atoms with van der Waals surface area (Å²) in [6.07, 6.45) is -0.266. The van der Waals surface area contributed by atoms with Crippen LogP contribution in [0.1, 0.15) is 12.5 Å². The second-order valence-corrected chi connectivity index (χ2v) is 3.60. The van der Waals surface area contributed by atoms with Crippen molar-refractivity contribution in [2.24, 2.45) is 0 Å². The summed E-state index contributed by atoms with van der Waals surface area (Å²) in [5.74, 6) is -1.24. The molecule has 0 aliphatic heterocycles. The Morgan fingerprint density at radius 2 is 2.00 bits per heavy atom. The van der Waals surface area contributed by atoms with Gasteiger partial charge >= 0.3 is 5.97 Å². The molecule has 0 aliphatic rings. The number of aliphatic hydroxyl groups is 2. The lowest BCUT2D eigenvalue weighted by Crippen LogP contribution is -2.34. The van der Waals surface area contributed by atoms with Gasteiger partial charge in [-0.2, -0.15) is 0 Å². The molecule has 18 heavy (non-hydrogen) atoms. The molecule has 0 aliphatic carbocycles. The Kier molecular flexibility index (Phi) is 5.48. The van der Waals surface area contributed by atoms with Crippen molar-refractivity contribution >= 4 is 12.0 Å². The molecule has 98 valence electrons. The quantitative estimate of drug-likeness (QED) is 0.773. The van der Waals surface area contributed by atoms with Gasteiger partial charge in [0.1, 0.15) is 11.9 Å². The highest BCUT2D eigenvalue weighted by molar-refractivity contribution is 5.75. The number of carbonyl (C=O) groups excluding carboxylic acids is 1. The van der Waals surface area contributed by atoms with Crippen molar-refractivity contribution in [1.29, 1.82) is 0 Å². The molecule has 0 spiro atoms. The van der Waals surface area contributed by atoms with Crippen molar-refractivity contribution in [3.8, 4) is 0 Å². The van der Waals surface area contributed by atoms with Crippen LogP contribution in [0.5, 0.6) is 0 Å². The molecule has 0 aromatic heterocycles. The van der Waals surface area contributed by atoms with Crippen molar-refractivity contribution in [2.75, 3.05) is 6.61 Å². The summed E-state index contributed by atoms with van der Waals surface area (Å²) in [4.78, 5) is 11.1. The number of ether oxygens (including phenoxy) is 1. The van der Waals surface area contributed by atoms with Crippen LogP contribution in [0.25, 0.3) is 6.08 Å². The first kappa shape index (κ1) is 14.3. The lowest BCUT2D eigenvalue weighted by Gasteiger charge is -2.12. The van der Waals surface area contributed by atoms with E-state index >= 15 is 0 Å². The first-order chi connectivity index (χ1) is 8.54. The SMILES string of the molecule is CCOC(=O)[C@H](O)C(O)C=Cc1ccc(F)cc1. The zero-order valence-corrected chi connectivity index (χ0v) is 9.91. The van der Waals surface area contributed by atoms with Crippen LogP contribution >= 0.6 is 0 Å². The Balaban J connectivity index is 2.60. The van der Waals surface area contributed by atoms with Gasteiger partial charge in [-0.3, -0.25) is 0 Å². The maximum absolute atomic E-state index is 12.6. The van der Waals surface area contributed by atoms with E-state index < -0.39 is 18.2 Å². The molecule has 0 saturated carbocycles. The summed E-state index contributed by atoms with van der Waals surface area (Å²) in [6, 6.07) is 5.56. The second kappa shape index (κ2) is 6.88. The third-order valence-electron chi connectivity index (χ3n) is 2.21. The van der Waals surface area contributed by atoms with Gasteiger partial charge in [0.15, 0.2) is 6.10 Å². The topological polar surface area (TPSA) is 66.8 Å². The van der Waals surface area contributed by atoms with Crippen LogP contribution in [0.3, 0.4) is 0 Å². The van der Waals surface area contributed by atoms with Crippen LogP contribution in [-0.4, -0.2) is 35.0 Å². The van der Waals surface area contributed by atoms with E-state index in [1.807, 2.05) is 0 Å². The monoisotopic (exact) mass is 254 g/mol. The fourth-order valence-electron chi connectivity index (χ4n) is 1.26. The van der Waals surface area contributed by atoms with Crippen LogP contribution in [-0.2, 0) is 9.53 Å². The first-order valence-electron chi connectivity index (χ1n) is 5.51. The van der Waals surface area contributed by atoms with Gasteiger partial charge in [0.25, 0.3) is 0 Å². The maximum Gasteiger partial charge on any atom is 0.338 e. The van der Waals surface area contributed by atoms with Gasteiger partial charge in [-0.1, -0.05) is 24.3 Å². The Labute approximate surface area is 104 Å². The van der Waals surface area contributed by atoms with Gasteiger partial charge in [-0.25, -0.2) is 9.18 Å². The lowest BCUT2D eigenvalue weighted by molar-refractivity contribution is -0.157. The largest absolute Gasteiger partial charge is 0.464 e. The first-order valence-corrected chi connectivity index (χ1v) is 5.51. The van der Waals surface area contributed by atoms with Crippen molar-refractivity contribution in [3.05, 3.63) is 41.7 Å². The van der Waals surface area contributed by atoms with Gasteiger partial charge in [0.05, 0.1) is 6.61 Å². The number of rotatable bonds is 5. The Hall–Kier alpha value is -1.72. The molecule has 1 aromatic carbocycles. The van der Waals surface area contributed by atoms with E-state index in [0.29, 0.717) is 5.56 Å². The van der Waals surface area contributed by atoms with Crippen molar-refractivity contribution in [1.82, 2.24) is 0 Å². The number of aliphatic hydroxyl groups excluding tert-OH is 2. The maximum atomic E-state index is 12.6. The predicted molar refractivity (Wildman–Crippen MR) is 64.1 cm³/mol. The summed E-state index contributed by atoms with van der Waals surface area (Å²) in [7, 11) is 0. The fraction of sp³-hybridized carbons (Fsp3) is 0.308. The number of hydrogen-bond donors (Lipinski definition) is 2. The minimum Gasteiger partial charge on any atom is -0.464 e. The molecule has 1 aromatic rings. The second-order valence-electron chi connectivity index (χ2n) is 3.60. The highest BCUT2D eigenvalue weighted by atomic mass is 19.1. The predicted octanol–water partition coefficient (Wildman–Crippen LogP) is 1.12. The number of hydrogen-bond acceptors (Lipinski definition) is 4. The van der Waals surface area contributed by atoms with E-state index in [9.17, 15) is 19.4 Å². The summed E-state index contributed by atoms with van der Waals surface area (Å²) in [5, 5.41) is 18.9. The van der Waals surface area contributed by atoms with Gasteiger partial charge in [0.2, 0.25) is 0 Å². The minimum absolute atomic E-state index is 0.129. The van der Waals surface area contributed by atoms with Crippen molar-refractivity contribution < 1.29 is 24.1 Å². The van der Waals surface area contributed by atoms with E-state index in [1.165, 1.54) is 36.4 Å². The molecule has 0 radical (unpaired) electrons. The Morgan fingerprint density at radius 1 is 1.39 bits per heavy atom. The highest BCUT2D eigenvalue weighted by Crippen LogP contribution is 2.07. The molecule has 0 bridgehead atoms. The zero-order valence-electron chi connectivity index (χ0n) is 9.91. The summed E-state index contributed by atoms with van der Waals surface area (Å²) in [5.41, 5.74) is 0.645. The van der Waals surface area contributed by atoms with Crippen LogP contribution in [0.2, 0.25) is 0 Å². The lowest BCUT2D eigenvalue weighted by atomic mass is 10.1. The number of halogens is 1. The molecule has 0 saturated heterocycles. The van der Waals surface area contributed by atoms with Crippen molar-refractivity contribution in [3.63, 3.8) is 0 Å². The van der Waals surface area contributed by atoms with Gasteiger partial charge in [0, 0.05) is 0 Å². The molecule has 5 heteroatoms. The Morgan fingerprint density at radius 3 is 2.56 bits per heavy atom. The molecule has 4 nitrogen and oxygen atoms in total. The normalized spacial score (nSPS) is 14.4. The molecule has 2 atom stereocenters. The van der Waals surface area contributed by atoms with Crippen LogP contribution < -0.4 is 0 Å². The molecular formula is C13H15FO4. The molecule has 0 heterocycles. The molecule has 2 N–H and O–H groups in total. The molecule has 1 unspecified atom stereocenters. The van der Waals surface area contributed by atoms with Gasteiger partial charge in [-0.05, 0) is 24.6 Å². The zero-order chi connectivity index (χ0) is 13.5. The van der Waals surface area contributed by atoms with Crippen LogP contribution in [0.4, 0.5) is 4.39 Å². The summed E-state index contributed by atoms with van der Waals surface area (Å²) >= 11 is 0. The molecule has 1 rings (SSSR count). The van der Waals surface area contributed by atoms with E-state index in [-0.39, 0.29) is 12.4 Å². The number of esters is 1. The fourth-order valence-corrected chi connectivity index (χ4v) is 1.26. The van der Waals surface area contributed by atoms with Gasteiger partial charge < -0.3 is 14.9 Å². The standard InChI is InChI=1S/C13H15FO4/c1-2-18-13(17)12(16)11(15)8-5-9-3-6-10(14)7-4-9/h3-8,11-12,15-16H,2H2,1H3/t11?,12-/m1/s1. The third-order valence-corrected chi connectivity index (χ3v) is 2.21. The van der Waals surface area contributed by atoms with Gasteiger partial charge in [-0.15, -0.1) is 0 Å². The Bertz CT molecular complexity index is 414. The third kappa shape index (κ3) is 4.27. The average molecular weight is 254 g/mol. The molecule has 0 amide bonds.